The lowest BCUT2D eigenvalue weighted by Crippen LogP contribution is -2.45. The monoisotopic (exact) mass is 511 g/mol. The normalized spacial score (nSPS) is 17.8. The number of carbonyl (C=O) groups excluding carboxylic acids is 1. The smallest absolute Gasteiger partial charge is 0.246 e. The quantitative estimate of drug-likeness (QED) is 0.346. The van der Waals surface area contributed by atoms with Crippen molar-refractivity contribution in [3.8, 4) is 22.8 Å². The number of rotatable bonds is 8. The average Bonchev–Trinajstić information content (AvgIpc) is 3.55. The zero-order valence-electron chi connectivity index (χ0n) is 20.9. The van der Waals surface area contributed by atoms with Crippen LogP contribution in [0.15, 0.2) is 73.1 Å². The van der Waals surface area contributed by atoms with Gasteiger partial charge in [-0.15, -0.1) is 0 Å². The Balaban J connectivity index is 1.20. The van der Waals surface area contributed by atoms with E-state index in [-0.39, 0.29) is 11.9 Å². The summed E-state index contributed by atoms with van der Waals surface area (Å²) in [7, 11) is 0. The number of nitrogens with one attached hydrogen (secondary N) is 1. The van der Waals surface area contributed by atoms with Crippen molar-refractivity contribution < 1.29 is 14.3 Å². The molecule has 2 fully saturated rings. The summed E-state index contributed by atoms with van der Waals surface area (Å²) in [6.45, 7) is 3.32. The Bertz CT molecular complexity index is 1450. The molecule has 3 N–H and O–H groups in total. The van der Waals surface area contributed by atoms with Crippen LogP contribution in [0, 0.1) is 0 Å². The predicted molar refractivity (Wildman–Crippen MR) is 144 cm³/mol. The molecule has 2 aromatic heterocycles. The molecular weight excluding hydrogens is 482 g/mol. The van der Waals surface area contributed by atoms with Gasteiger partial charge in [0.25, 0.3) is 0 Å². The molecule has 2 aliphatic heterocycles. The van der Waals surface area contributed by atoms with Gasteiger partial charge >= 0.3 is 0 Å². The summed E-state index contributed by atoms with van der Waals surface area (Å²) < 4.78 is 13.0. The van der Waals surface area contributed by atoms with E-state index in [4.69, 9.17) is 20.3 Å². The van der Waals surface area contributed by atoms with E-state index >= 15 is 0 Å². The second kappa shape index (κ2) is 10.6. The number of nitrogen functional groups attached to an aromatic ring is 1. The summed E-state index contributed by atoms with van der Waals surface area (Å²) in [4.78, 5) is 23.3. The first-order valence-electron chi connectivity index (χ1n) is 12.7. The maximum absolute atomic E-state index is 12.8. The van der Waals surface area contributed by atoms with Gasteiger partial charge in [-0.1, -0.05) is 24.3 Å². The topological polar surface area (TPSA) is 120 Å². The Morgan fingerprint density at radius 3 is 2.66 bits per heavy atom. The van der Waals surface area contributed by atoms with Gasteiger partial charge in [-0.3, -0.25) is 4.79 Å². The van der Waals surface area contributed by atoms with E-state index in [0.29, 0.717) is 48.2 Å². The van der Waals surface area contributed by atoms with Crippen LogP contribution in [0.5, 0.6) is 11.5 Å². The van der Waals surface area contributed by atoms with E-state index in [1.54, 1.807) is 6.08 Å². The van der Waals surface area contributed by atoms with Crippen molar-refractivity contribution in [2.45, 2.75) is 18.5 Å². The second-order valence-corrected chi connectivity index (χ2v) is 9.46. The Kier molecular flexibility index (Phi) is 6.72. The first-order valence-corrected chi connectivity index (χ1v) is 12.7. The molecule has 0 unspecified atom stereocenters. The first-order chi connectivity index (χ1) is 18.7. The van der Waals surface area contributed by atoms with Crippen molar-refractivity contribution in [3.05, 3.63) is 73.1 Å². The molecular formula is C28H29N7O3. The largest absolute Gasteiger partial charge is 0.457 e. The molecule has 6 rings (SSSR count). The van der Waals surface area contributed by atoms with Crippen LogP contribution in [0.3, 0.4) is 0 Å². The molecule has 1 atom stereocenters. The summed E-state index contributed by atoms with van der Waals surface area (Å²) in [5.74, 6) is 1.87. The van der Waals surface area contributed by atoms with Crippen LogP contribution in [0.4, 0.5) is 5.82 Å². The van der Waals surface area contributed by atoms with Crippen LogP contribution in [0.2, 0.25) is 0 Å². The van der Waals surface area contributed by atoms with E-state index in [2.05, 4.69) is 15.3 Å². The standard InChI is InChI=1S/C28H29N7O3/c29-27-25-26(19-8-10-23(11-9-19)38-22-5-2-1-3-6-22)33-35(28(25)32-18-31-27)21-12-14-34(15-21)24(36)7-4-13-30-20-16-37-17-20/h1-11,18,20-21,30H,12-17H2,(H2,29,31,32)/t21-/m1/s1. The number of fused-ring (bicyclic) bond motifs is 1. The van der Waals surface area contributed by atoms with Gasteiger partial charge in [0, 0.05) is 31.3 Å². The van der Waals surface area contributed by atoms with Crippen molar-refractivity contribution in [1.82, 2.24) is 30.0 Å². The molecule has 0 aliphatic carbocycles. The van der Waals surface area contributed by atoms with Gasteiger partial charge in [0.05, 0.1) is 30.7 Å². The summed E-state index contributed by atoms with van der Waals surface area (Å²) in [5.41, 5.74) is 8.56. The average molecular weight is 512 g/mol. The molecule has 38 heavy (non-hydrogen) atoms. The molecule has 2 aromatic carbocycles. The number of nitrogens with zero attached hydrogens (tertiary/aromatic N) is 5. The number of anilines is 1. The van der Waals surface area contributed by atoms with E-state index < -0.39 is 0 Å². The zero-order chi connectivity index (χ0) is 25.9. The summed E-state index contributed by atoms with van der Waals surface area (Å²) in [5, 5.41) is 8.97. The van der Waals surface area contributed by atoms with Crippen molar-refractivity contribution in [2.75, 3.05) is 38.6 Å². The predicted octanol–water partition coefficient (Wildman–Crippen LogP) is 3.19. The van der Waals surface area contributed by atoms with Gasteiger partial charge in [-0.25, -0.2) is 14.6 Å². The van der Waals surface area contributed by atoms with Crippen molar-refractivity contribution >= 4 is 22.8 Å². The van der Waals surface area contributed by atoms with Crippen molar-refractivity contribution in [1.29, 1.82) is 0 Å². The number of likely N-dealkylation sites (tertiary alicyclic amines) is 1. The van der Waals surface area contributed by atoms with Gasteiger partial charge in [0.15, 0.2) is 5.65 Å². The molecule has 194 valence electrons. The molecule has 0 bridgehead atoms. The molecule has 2 aliphatic rings. The lowest BCUT2D eigenvalue weighted by atomic mass is 10.1. The summed E-state index contributed by atoms with van der Waals surface area (Å²) in [6.07, 6.45) is 5.74. The number of ether oxygens (including phenoxy) is 2. The fourth-order valence-electron chi connectivity index (χ4n) is 4.75. The molecule has 4 aromatic rings. The number of carbonyl (C=O) groups is 1. The Morgan fingerprint density at radius 2 is 1.89 bits per heavy atom. The molecule has 0 saturated carbocycles. The van der Waals surface area contributed by atoms with Gasteiger partial charge in [-0.05, 0) is 42.8 Å². The third-order valence-electron chi connectivity index (χ3n) is 6.87. The van der Waals surface area contributed by atoms with E-state index in [1.165, 1.54) is 6.33 Å². The van der Waals surface area contributed by atoms with Crippen LogP contribution in [0.1, 0.15) is 12.5 Å². The van der Waals surface area contributed by atoms with Crippen molar-refractivity contribution in [3.63, 3.8) is 0 Å². The molecule has 0 spiro atoms. The molecule has 10 heteroatoms. The Morgan fingerprint density at radius 1 is 1.11 bits per heavy atom. The number of benzene rings is 2. The Hall–Kier alpha value is -4.28. The molecule has 10 nitrogen and oxygen atoms in total. The maximum Gasteiger partial charge on any atom is 0.246 e. The van der Waals surface area contributed by atoms with E-state index in [0.717, 1.165) is 36.7 Å². The number of aromatic nitrogens is 4. The highest BCUT2D eigenvalue weighted by molar-refractivity contribution is 5.98. The fraction of sp³-hybridized carbons (Fsp3) is 0.286. The lowest BCUT2D eigenvalue weighted by molar-refractivity contribution is -0.125. The fourth-order valence-corrected chi connectivity index (χ4v) is 4.75. The lowest BCUT2D eigenvalue weighted by Gasteiger charge is -2.26. The van der Waals surface area contributed by atoms with E-state index in [1.807, 2.05) is 70.3 Å². The highest BCUT2D eigenvalue weighted by atomic mass is 16.5. The SMILES string of the molecule is Nc1ncnc2c1c(-c1ccc(Oc3ccccc3)cc1)nn2[C@@H]1CCN(C(=O)C=CCNC2COC2)C1. The van der Waals surface area contributed by atoms with Crippen molar-refractivity contribution in [2.24, 2.45) is 0 Å². The van der Waals surface area contributed by atoms with Crippen LogP contribution in [-0.2, 0) is 9.53 Å². The van der Waals surface area contributed by atoms with Gasteiger partial charge in [0.1, 0.15) is 29.3 Å². The third-order valence-corrected chi connectivity index (χ3v) is 6.87. The third kappa shape index (κ3) is 4.96. The summed E-state index contributed by atoms with van der Waals surface area (Å²) >= 11 is 0. The number of hydrogen-bond acceptors (Lipinski definition) is 8. The zero-order valence-corrected chi connectivity index (χ0v) is 20.9. The van der Waals surface area contributed by atoms with Crippen LogP contribution < -0.4 is 15.8 Å². The number of amides is 1. The van der Waals surface area contributed by atoms with Gasteiger partial charge in [0.2, 0.25) is 5.91 Å². The second-order valence-electron chi connectivity index (χ2n) is 9.46. The number of hydrogen-bond donors (Lipinski definition) is 2. The molecule has 0 radical (unpaired) electrons. The number of para-hydroxylation sites is 1. The van der Waals surface area contributed by atoms with Gasteiger partial charge < -0.3 is 25.4 Å². The Labute approximate surface area is 220 Å². The number of nitrogens with two attached hydrogens (primary N) is 1. The molecule has 1 amide bonds. The molecule has 2 saturated heterocycles. The maximum atomic E-state index is 12.8. The first kappa shape index (κ1) is 24.1. The van der Waals surface area contributed by atoms with Crippen LogP contribution in [-0.4, -0.2) is 69.4 Å². The van der Waals surface area contributed by atoms with Crippen LogP contribution in [0.25, 0.3) is 22.3 Å². The highest BCUT2D eigenvalue weighted by Gasteiger charge is 2.30. The van der Waals surface area contributed by atoms with Gasteiger partial charge in [-0.2, -0.15) is 5.10 Å². The van der Waals surface area contributed by atoms with E-state index in [9.17, 15) is 4.79 Å². The summed E-state index contributed by atoms with van der Waals surface area (Å²) in [6, 6.07) is 17.7. The highest BCUT2D eigenvalue weighted by Crippen LogP contribution is 2.35. The minimum absolute atomic E-state index is 0.000936. The van der Waals surface area contributed by atoms with Crippen LogP contribution >= 0.6 is 0 Å². The minimum atomic E-state index is -0.0103. The minimum Gasteiger partial charge on any atom is -0.457 e. The molecule has 4 heterocycles.